The van der Waals surface area contributed by atoms with Crippen molar-refractivity contribution in [3.05, 3.63) is 57.6 Å². The van der Waals surface area contributed by atoms with E-state index in [4.69, 9.17) is 23.2 Å². The molecule has 0 bridgehead atoms. The second kappa shape index (κ2) is 8.39. The molecule has 0 amide bonds. The lowest BCUT2D eigenvalue weighted by atomic mass is 9.98. The first-order chi connectivity index (χ1) is 12.6. The number of halogens is 8. The minimum Gasteiger partial charge on any atom is -0.465 e. The number of hydrogen-bond acceptors (Lipinski definition) is 2. The number of hydrogen-bond donors (Lipinski definition) is 0. The van der Waals surface area contributed by atoms with Crippen molar-refractivity contribution in [2.45, 2.75) is 18.7 Å². The Morgan fingerprint density at radius 1 is 1.00 bits per heavy atom. The fraction of sp³-hybridized carbons (Fsp3) is 0.235. The summed E-state index contributed by atoms with van der Waals surface area (Å²) in [6.45, 7) is 1.57. The van der Waals surface area contributed by atoms with Gasteiger partial charge in [-0.05, 0) is 24.6 Å². The second-order valence-electron chi connectivity index (χ2n) is 5.29. The molecule has 0 N–H and O–H groups in total. The summed E-state index contributed by atoms with van der Waals surface area (Å²) in [6.07, 6.45) is -0.331. The minimum absolute atomic E-state index is 0.0367. The number of esters is 1. The predicted molar refractivity (Wildman–Crippen MR) is 86.6 cm³/mol. The summed E-state index contributed by atoms with van der Waals surface area (Å²) in [5.74, 6) is -13.4. The van der Waals surface area contributed by atoms with Gasteiger partial charge < -0.3 is 4.74 Å². The first kappa shape index (κ1) is 21.4. The van der Waals surface area contributed by atoms with Gasteiger partial charge >= 0.3 is 5.97 Å². The van der Waals surface area contributed by atoms with Crippen LogP contribution in [-0.4, -0.2) is 18.0 Å². The van der Waals surface area contributed by atoms with E-state index in [2.05, 4.69) is 4.74 Å². The molecule has 0 aliphatic rings. The molecule has 1 unspecified atom stereocenters. The molecule has 1 atom stereocenters. The van der Waals surface area contributed by atoms with Crippen LogP contribution in [0.15, 0.2) is 12.1 Å². The second-order valence-corrected chi connectivity index (χ2v) is 6.23. The van der Waals surface area contributed by atoms with Gasteiger partial charge in [0, 0.05) is 17.0 Å². The molecule has 27 heavy (non-hydrogen) atoms. The van der Waals surface area contributed by atoms with Crippen molar-refractivity contribution in [3.8, 4) is 11.1 Å². The van der Waals surface area contributed by atoms with Gasteiger partial charge in [-0.25, -0.2) is 26.3 Å². The fourth-order valence-electron chi connectivity index (χ4n) is 2.29. The highest BCUT2D eigenvalue weighted by atomic mass is 35.5. The van der Waals surface area contributed by atoms with Crippen molar-refractivity contribution in [3.63, 3.8) is 0 Å². The Hall–Kier alpha value is -1.93. The zero-order valence-corrected chi connectivity index (χ0v) is 15.0. The Balaban J connectivity index is 2.59. The maximum absolute atomic E-state index is 14.2. The van der Waals surface area contributed by atoms with Crippen LogP contribution < -0.4 is 0 Å². The summed E-state index contributed by atoms with van der Waals surface area (Å²) in [5.41, 5.74) is -2.43. The first-order valence-corrected chi connectivity index (χ1v) is 8.21. The molecule has 2 nitrogen and oxygen atoms in total. The molecule has 2 aromatic rings. The molecule has 0 radical (unpaired) electrons. The van der Waals surface area contributed by atoms with Crippen LogP contribution in [0.5, 0.6) is 0 Å². The molecule has 2 aromatic carbocycles. The summed E-state index contributed by atoms with van der Waals surface area (Å²) in [4.78, 5) is 11.6. The lowest BCUT2D eigenvalue weighted by Crippen LogP contribution is -2.20. The Morgan fingerprint density at radius 2 is 1.52 bits per heavy atom. The van der Waals surface area contributed by atoms with Gasteiger partial charge in [0.2, 0.25) is 5.82 Å². The van der Waals surface area contributed by atoms with Crippen molar-refractivity contribution < 1.29 is 35.9 Å². The van der Waals surface area contributed by atoms with Gasteiger partial charge in [-0.3, -0.25) is 4.79 Å². The third-order valence-corrected chi connectivity index (χ3v) is 4.24. The van der Waals surface area contributed by atoms with Crippen molar-refractivity contribution in [1.29, 1.82) is 0 Å². The van der Waals surface area contributed by atoms with E-state index in [0.29, 0.717) is 6.07 Å². The molecule has 0 aromatic heterocycles. The van der Waals surface area contributed by atoms with Gasteiger partial charge in [0.15, 0.2) is 23.3 Å². The maximum atomic E-state index is 14.2. The van der Waals surface area contributed by atoms with Gasteiger partial charge in [-0.2, -0.15) is 0 Å². The Kier molecular flexibility index (Phi) is 6.64. The number of ether oxygens (including phenoxy) is 1. The summed E-state index contributed by atoms with van der Waals surface area (Å²) in [7, 11) is 0. The van der Waals surface area contributed by atoms with Crippen LogP contribution in [0.4, 0.5) is 26.3 Å². The van der Waals surface area contributed by atoms with Gasteiger partial charge in [0.05, 0.1) is 12.2 Å². The molecule has 0 heterocycles. The van der Waals surface area contributed by atoms with E-state index in [0.717, 1.165) is 6.07 Å². The van der Waals surface area contributed by atoms with E-state index in [1.54, 1.807) is 0 Å². The van der Waals surface area contributed by atoms with Crippen molar-refractivity contribution in [1.82, 2.24) is 0 Å². The number of benzene rings is 2. The summed E-state index contributed by atoms with van der Waals surface area (Å²) < 4.78 is 86.8. The summed E-state index contributed by atoms with van der Waals surface area (Å²) in [6, 6.07) is 1.39. The van der Waals surface area contributed by atoms with Crippen molar-refractivity contribution >= 4 is 29.2 Å². The van der Waals surface area contributed by atoms with Gasteiger partial charge in [-0.1, -0.05) is 11.6 Å². The third-order valence-electron chi connectivity index (χ3n) is 3.56. The largest absolute Gasteiger partial charge is 0.465 e. The smallest absolute Gasteiger partial charge is 0.324 e. The van der Waals surface area contributed by atoms with E-state index in [-0.39, 0.29) is 23.6 Å². The van der Waals surface area contributed by atoms with Gasteiger partial charge in [-0.15, -0.1) is 11.6 Å². The van der Waals surface area contributed by atoms with E-state index in [1.807, 2.05) is 0 Å². The molecule has 0 aliphatic heterocycles. The molecular formula is C17H10Cl2F6O2. The third kappa shape index (κ3) is 4.16. The zero-order chi connectivity index (χ0) is 20.5. The molecule has 0 aliphatic carbocycles. The van der Waals surface area contributed by atoms with Crippen molar-refractivity contribution in [2.24, 2.45) is 0 Å². The molecule has 0 saturated carbocycles. The predicted octanol–water partition coefficient (Wildman–Crippen LogP) is 5.55. The summed E-state index contributed by atoms with van der Waals surface area (Å²) >= 11 is 11.7. The molecular weight excluding hydrogens is 421 g/mol. The quantitative estimate of drug-likeness (QED) is 0.204. The highest BCUT2D eigenvalue weighted by molar-refractivity contribution is 6.32. The van der Waals surface area contributed by atoms with Crippen molar-refractivity contribution in [2.75, 3.05) is 6.61 Å². The van der Waals surface area contributed by atoms with Crippen LogP contribution in [-0.2, 0) is 16.0 Å². The highest BCUT2D eigenvalue weighted by Gasteiger charge is 2.29. The lowest BCUT2D eigenvalue weighted by molar-refractivity contribution is -0.142. The normalized spacial score (nSPS) is 12.2. The number of carbonyl (C=O) groups excluding carboxylic acids is 1. The Labute approximate surface area is 159 Å². The minimum atomic E-state index is -2.37. The molecule has 0 fully saturated rings. The van der Waals surface area contributed by atoms with Crippen LogP contribution in [0.25, 0.3) is 11.1 Å². The van der Waals surface area contributed by atoms with Gasteiger partial charge in [0.1, 0.15) is 11.2 Å². The number of rotatable bonds is 5. The maximum Gasteiger partial charge on any atom is 0.324 e. The SMILES string of the molecule is CCOC(=O)C(Cl)Cc1cc(-c2c(F)c(F)c(F)c(F)c2F)c(F)cc1Cl. The van der Waals surface area contributed by atoms with E-state index < -0.39 is 57.4 Å². The molecule has 2 rings (SSSR count). The lowest BCUT2D eigenvalue weighted by Gasteiger charge is -2.14. The van der Waals surface area contributed by atoms with Crippen LogP contribution in [0.1, 0.15) is 12.5 Å². The van der Waals surface area contributed by atoms with E-state index in [1.165, 1.54) is 6.92 Å². The van der Waals surface area contributed by atoms with Crippen LogP contribution in [0.2, 0.25) is 5.02 Å². The Morgan fingerprint density at radius 3 is 2.04 bits per heavy atom. The van der Waals surface area contributed by atoms with Crippen LogP contribution >= 0.6 is 23.2 Å². The number of carbonyl (C=O) groups is 1. The molecule has 0 saturated heterocycles. The molecule has 146 valence electrons. The van der Waals surface area contributed by atoms with Crippen LogP contribution in [0.3, 0.4) is 0 Å². The summed E-state index contributed by atoms with van der Waals surface area (Å²) in [5, 5.41) is -1.52. The topological polar surface area (TPSA) is 26.3 Å². The zero-order valence-electron chi connectivity index (χ0n) is 13.5. The fourth-order valence-corrected chi connectivity index (χ4v) is 2.75. The van der Waals surface area contributed by atoms with Gasteiger partial charge in [0.25, 0.3) is 0 Å². The van der Waals surface area contributed by atoms with E-state index in [9.17, 15) is 31.1 Å². The number of alkyl halides is 1. The molecule has 0 spiro atoms. The average Bonchev–Trinajstić information content (AvgIpc) is 2.62. The van der Waals surface area contributed by atoms with Crippen LogP contribution in [0, 0.1) is 34.9 Å². The highest BCUT2D eigenvalue weighted by Crippen LogP contribution is 2.36. The standard InChI is InChI=1S/C17H10Cl2F6O2/c1-2-27-17(26)9(19)4-6-3-7(10(20)5-8(6)18)11-12(21)14(23)16(25)15(24)13(11)22/h3,5,9H,2,4H2,1H3. The monoisotopic (exact) mass is 430 g/mol. The Bertz CT molecular complexity index is 875. The first-order valence-electron chi connectivity index (χ1n) is 7.40. The average molecular weight is 431 g/mol. The molecule has 10 heteroatoms. The van der Waals surface area contributed by atoms with E-state index >= 15 is 0 Å².